The first-order chi connectivity index (χ1) is 24.1. The standard InChI is InChI=1S/C40H42ClN5O2.C2H6/c1-8-35(48-7)18-12-27(2)23-44-40(29(4)45(6)26-42-5,33-16-13-28(3)43-24-33)32-17-19-38-37(21-32)36(31-10-9-11-34(41)20-31)22-39(47)46(38)25-30-14-15-30;1-2/h8-13,16-24,26,30H,1,4,14-15,25H2,2-3,5-7H3;1-2H3/b27-12+,35-18+,42-26?,44-23?;. The van der Waals surface area contributed by atoms with Crippen LogP contribution in [0.5, 0.6) is 0 Å². The predicted molar refractivity (Wildman–Crippen MR) is 211 cm³/mol. The van der Waals surface area contributed by atoms with E-state index < -0.39 is 5.54 Å². The highest BCUT2D eigenvalue weighted by Gasteiger charge is 2.39. The van der Waals surface area contributed by atoms with Gasteiger partial charge in [-0.1, -0.05) is 68.9 Å². The third-order valence-corrected chi connectivity index (χ3v) is 8.91. The lowest BCUT2D eigenvalue weighted by Gasteiger charge is -2.36. The van der Waals surface area contributed by atoms with Gasteiger partial charge >= 0.3 is 0 Å². The number of likely N-dealkylation sites (N-methyl/N-ethyl adjacent to an activating group) is 1. The molecule has 0 radical (unpaired) electrons. The molecular formula is C42H48ClN5O2. The molecule has 5 rings (SSSR count). The van der Waals surface area contributed by atoms with Crippen molar-refractivity contribution >= 4 is 35.1 Å². The molecule has 1 atom stereocenters. The topological polar surface area (TPSA) is 72.1 Å². The third kappa shape index (κ3) is 8.40. The van der Waals surface area contributed by atoms with Gasteiger partial charge in [-0.3, -0.25) is 19.8 Å². The Balaban J connectivity index is 0.00000276. The Morgan fingerprint density at radius 2 is 1.86 bits per heavy atom. The fourth-order valence-electron chi connectivity index (χ4n) is 5.83. The van der Waals surface area contributed by atoms with Gasteiger partial charge in [0.2, 0.25) is 0 Å². The van der Waals surface area contributed by atoms with Crippen LogP contribution in [0.15, 0.2) is 130 Å². The zero-order valence-electron chi connectivity index (χ0n) is 30.3. The predicted octanol–water partition coefficient (Wildman–Crippen LogP) is 9.54. The van der Waals surface area contributed by atoms with Crippen LogP contribution in [0, 0.1) is 12.8 Å². The summed E-state index contributed by atoms with van der Waals surface area (Å²) in [6.45, 7) is 17.0. The summed E-state index contributed by atoms with van der Waals surface area (Å²) in [5.41, 5.74) is 5.48. The molecule has 2 heterocycles. The van der Waals surface area contributed by atoms with E-state index in [1.807, 2.05) is 117 Å². The van der Waals surface area contributed by atoms with Crippen molar-refractivity contribution in [2.75, 3.05) is 21.2 Å². The molecule has 0 saturated heterocycles. The van der Waals surface area contributed by atoms with Crippen LogP contribution in [-0.4, -0.2) is 48.2 Å². The zero-order chi connectivity index (χ0) is 36.4. The van der Waals surface area contributed by atoms with E-state index in [1.54, 1.807) is 32.6 Å². The van der Waals surface area contributed by atoms with Gasteiger partial charge in [-0.15, -0.1) is 0 Å². The molecule has 2 aromatic heterocycles. The van der Waals surface area contributed by atoms with Gasteiger partial charge < -0.3 is 14.2 Å². The second-order valence-corrected chi connectivity index (χ2v) is 12.6. The number of rotatable bonds is 13. The Kier molecular flexibility index (Phi) is 12.9. The van der Waals surface area contributed by atoms with Crippen molar-refractivity contribution < 1.29 is 4.74 Å². The monoisotopic (exact) mass is 689 g/mol. The van der Waals surface area contributed by atoms with Gasteiger partial charge in [-0.25, -0.2) is 0 Å². The molecule has 1 unspecified atom stereocenters. The first-order valence-electron chi connectivity index (χ1n) is 16.9. The van der Waals surface area contributed by atoms with Crippen LogP contribution >= 0.6 is 11.6 Å². The van der Waals surface area contributed by atoms with Gasteiger partial charge in [-0.2, -0.15) is 0 Å². The number of aliphatic imine (C=N–C) groups is 2. The van der Waals surface area contributed by atoms with Crippen molar-refractivity contribution in [3.8, 4) is 11.1 Å². The molecule has 2 aromatic carbocycles. The minimum Gasteiger partial charge on any atom is -0.497 e. The number of benzene rings is 2. The van der Waals surface area contributed by atoms with E-state index in [9.17, 15) is 4.79 Å². The summed E-state index contributed by atoms with van der Waals surface area (Å²) in [5, 5.41) is 1.52. The van der Waals surface area contributed by atoms with Crippen LogP contribution in [-0.2, 0) is 16.8 Å². The number of nitrogens with zero attached hydrogens (tertiary/aromatic N) is 5. The van der Waals surface area contributed by atoms with Gasteiger partial charge in [-0.05, 0) is 97.4 Å². The highest BCUT2D eigenvalue weighted by Crippen LogP contribution is 2.43. The van der Waals surface area contributed by atoms with Crippen molar-refractivity contribution in [3.63, 3.8) is 0 Å². The Hall–Kier alpha value is -5.01. The van der Waals surface area contributed by atoms with Gasteiger partial charge in [0.1, 0.15) is 5.76 Å². The molecule has 1 aliphatic carbocycles. The normalized spacial score (nSPS) is 14.7. The molecule has 0 N–H and O–H groups in total. The SMILES string of the molecule is C=C/C(=C\C=C(/C)C=NC(C(=C)N(C)C=NC)(c1ccc(C)nc1)c1ccc2c(c1)c(-c1cccc(Cl)c1)cc(=O)n2CC1CC1)OC.CC. The molecule has 1 aliphatic rings. The van der Waals surface area contributed by atoms with Crippen molar-refractivity contribution in [1.29, 1.82) is 0 Å². The summed E-state index contributed by atoms with van der Waals surface area (Å²) in [5.74, 6) is 1.15. The summed E-state index contributed by atoms with van der Waals surface area (Å²) in [6.07, 6.45) is 13.1. The van der Waals surface area contributed by atoms with Crippen LogP contribution in [0.2, 0.25) is 5.02 Å². The summed E-state index contributed by atoms with van der Waals surface area (Å²) in [4.78, 5) is 29.9. The molecule has 0 aliphatic heterocycles. The highest BCUT2D eigenvalue weighted by molar-refractivity contribution is 6.30. The van der Waals surface area contributed by atoms with E-state index in [1.165, 1.54) is 0 Å². The number of ether oxygens (including phenoxy) is 1. The number of methoxy groups -OCH3 is 1. The van der Waals surface area contributed by atoms with Crippen molar-refractivity contribution in [3.05, 3.63) is 147 Å². The van der Waals surface area contributed by atoms with E-state index in [0.29, 0.717) is 28.9 Å². The molecule has 0 amide bonds. The maximum atomic E-state index is 13.6. The Morgan fingerprint density at radius 3 is 2.48 bits per heavy atom. The molecule has 0 spiro atoms. The third-order valence-electron chi connectivity index (χ3n) is 8.67. The number of aromatic nitrogens is 2. The number of allylic oxidation sites excluding steroid dienone is 4. The lowest BCUT2D eigenvalue weighted by Crippen LogP contribution is -2.36. The number of halogens is 1. The zero-order valence-corrected chi connectivity index (χ0v) is 31.0. The van der Waals surface area contributed by atoms with Crippen LogP contribution in [0.1, 0.15) is 50.4 Å². The molecule has 1 saturated carbocycles. The second-order valence-electron chi connectivity index (χ2n) is 12.2. The fraction of sp³-hybridized carbons (Fsp3) is 0.286. The van der Waals surface area contributed by atoms with E-state index in [2.05, 4.69) is 24.2 Å². The maximum Gasteiger partial charge on any atom is 0.251 e. The summed E-state index contributed by atoms with van der Waals surface area (Å²) in [6, 6.07) is 19.6. The van der Waals surface area contributed by atoms with Crippen molar-refractivity contribution in [1.82, 2.24) is 14.5 Å². The molecule has 260 valence electrons. The summed E-state index contributed by atoms with van der Waals surface area (Å²) in [7, 11) is 5.24. The Bertz CT molecular complexity index is 2020. The van der Waals surface area contributed by atoms with Crippen LogP contribution < -0.4 is 5.56 Å². The molecule has 7 nitrogen and oxygen atoms in total. The van der Waals surface area contributed by atoms with Crippen LogP contribution in [0.3, 0.4) is 0 Å². The largest absolute Gasteiger partial charge is 0.497 e. The molecule has 4 aromatic rings. The van der Waals surface area contributed by atoms with Crippen molar-refractivity contribution in [2.45, 2.75) is 52.6 Å². The number of fused-ring (bicyclic) bond motifs is 1. The smallest absolute Gasteiger partial charge is 0.251 e. The minimum absolute atomic E-state index is 0.0313. The lowest BCUT2D eigenvalue weighted by molar-refractivity contribution is 0.307. The number of hydrogen-bond acceptors (Lipinski definition) is 5. The van der Waals surface area contributed by atoms with Gasteiger partial charge in [0.25, 0.3) is 5.56 Å². The molecule has 1 fully saturated rings. The van der Waals surface area contributed by atoms with Gasteiger partial charge in [0.15, 0.2) is 5.54 Å². The summed E-state index contributed by atoms with van der Waals surface area (Å²) >= 11 is 6.47. The Morgan fingerprint density at radius 1 is 1.12 bits per heavy atom. The van der Waals surface area contributed by atoms with E-state index in [0.717, 1.165) is 57.3 Å². The molecule has 50 heavy (non-hydrogen) atoms. The van der Waals surface area contributed by atoms with Gasteiger partial charge in [0.05, 0.1) is 19.0 Å². The van der Waals surface area contributed by atoms with E-state index >= 15 is 0 Å². The molecule has 8 heteroatoms. The summed E-state index contributed by atoms with van der Waals surface area (Å²) < 4.78 is 7.26. The molecular weight excluding hydrogens is 642 g/mol. The minimum atomic E-state index is -1.13. The first kappa shape index (κ1) is 37.8. The number of aryl methyl sites for hydroxylation is 1. The second kappa shape index (κ2) is 17.1. The van der Waals surface area contributed by atoms with Gasteiger partial charge in [0, 0.05) is 66.5 Å². The van der Waals surface area contributed by atoms with E-state index in [4.69, 9.17) is 26.3 Å². The number of hydrogen-bond donors (Lipinski definition) is 0. The van der Waals surface area contributed by atoms with Crippen LogP contribution in [0.25, 0.3) is 22.0 Å². The maximum absolute atomic E-state index is 13.6. The average molecular weight is 690 g/mol. The quantitative estimate of drug-likeness (QED) is 0.0607. The van der Waals surface area contributed by atoms with Crippen LogP contribution in [0.4, 0.5) is 0 Å². The number of pyridine rings is 2. The lowest BCUT2D eigenvalue weighted by atomic mass is 9.80. The first-order valence-corrected chi connectivity index (χ1v) is 17.3. The molecule has 0 bridgehead atoms. The average Bonchev–Trinajstić information content (AvgIpc) is 3.96. The van der Waals surface area contributed by atoms with Crippen molar-refractivity contribution in [2.24, 2.45) is 15.9 Å². The fourth-order valence-corrected chi connectivity index (χ4v) is 6.02. The van der Waals surface area contributed by atoms with E-state index in [-0.39, 0.29) is 5.56 Å². The highest BCUT2D eigenvalue weighted by atomic mass is 35.5. The Labute approximate surface area is 301 Å².